The summed E-state index contributed by atoms with van der Waals surface area (Å²) in [6, 6.07) is 5.79. The summed E-state index contributed by atoms with van der Waals surface area (Å²) in [5.41, 5.74) is 2.97. The van der Waals surface area contributed by atoms with Crippen LogP contribution in [0.25, 0.3) is 17.1 Å². The molecule has 1 saturated carbocycles. The van der Waals surface area contributed by atoms with Crippen molar-refractivity contribution < 1.29 is 39.2 Å². The molecule has 6 atom stereocenters. The van der Waals surface area contributed by atoms with Gasteiger partial charge in [0, 0.05) is 23.5 Å². The Morgan fingerprint density at radius 1 is 1.07 bits per heavy atom. The van der Waals surface area contributed by atoms with Crippen LogP contribution in [0.15, 0.2) is 45.6 Å². The number of fused-ring (bicyclic) bond motifs is 3. The van der Waals surface area contributed by atoms with Gasteiger partial charge < -0.3 is 30.6 Å². The van der Waals surface area contributed by atoms with Crippen LogP contribution in [0.3, 0.4) is 0 Å². The third-order valence-electron chi connectivity index (χ3n) is 10.3. The van der Waals surface area contributed by atoms with E-state index in [0.717, 1.165) is 25.0 Å². The molecule has 1 aromatic carbocycles. The number of amides is 1. The number of ketones is 2. The van der Waals surface area contributed by atoms with Gasteiger partial charge in [-0.25, -0.2) is 0 Å². The van der Waals surface area contributed by atoms with Crippen LogP contribution in [0.5, 0.6) is 5.75 Å². The minimum absolute atomic E-state index is 0.0244. The first-order valence-corrected chi connectivity index (χ1v) is 15.7. The van der Waals surface area contributed by atoms with Gasteiger partial charge in [-0.05, 0) is 80.4 Å². The number of aromatic hydroxyl groups is 1. The molecule has 1 fully saturated rings. The zero-order valence-corrected chi connectivity index (χ0v) is 26.8. The quantitative estimate of drug-likeness (QED) is 0.253. The van der Waals surface area contributed by atoms with Crippen LogP contribution >= 0.6 is 0 Å². The van der Waals surface area contributed by atoms with Gasteiger partial charge in [-0.2, -0.15) is 0 Å². The van der Waals surface area contributed by atoms with Crippen LogP contribution < -0.4 is 5.73 Å². The number of hydrogen-bond acceptors (Lipinski definition) is 9. The minimum atomic E-state index is -2.67. The van der Waals surface area contributed by atoms with Gasteiger partial charge >= 0.3 is 0 Å². The number of phenolic OH excluding ortho intramolecular Hbond substituents is 1. The van der Waals surface area contributed by atoms with Gasteiger partial charge in [-0.3, -0.25) is 19.3 Å². The molecule has 6 N–H and O–H groups in total. The van der Waals surface area contributed by atoms with Gasteiger partial charge in [-0.1, -0.05) is 40.5 Å². The summed E-state index contributed by atoms with van der Waals surface area (Å²) in [5.74, 6) is -3.68. The summed E-state index contributed by atoms with van der Waals surface area (Å²) in [4.78, 5) is 41.0. The van der Waals surface area contributed by atoms with Crippen molar-refractivity contribution in [2.75, 3.05) is 14.1 Å². The van der Waals surface area contributed by atoms with E-state index in [2.05, 4.69) is 27.7 Å². The van der Waals surface area contributed by atoms with Crippen molar-refractivity contribution in [3.63, 3.8) is 0 Å². The monoisotopic (exact) mass is 620 g/mol. The molecule has 0 spiro atoms. The molecule has 5 rings (SSSR count). The average Bonchev–Trinajstić information content (AvgIpc) is 3.41. The molecule has 0 aliphatic heterocycles. The molecular weight excluding hydrogens is 576 g/mol. The van der Waals surface area contributed by atoms with Gasteiger partial charge in [0.2, 0.25) is 5.78 Å². The Morgan fingerprint density at radius 2 is 1.76 bits per heavy atom. The molecule has 10 heteroatoms. The molecule has 242 valence electrons. The molecule has 3 aliphatic rings. The van der Waals surface area contributed by atoms with Crippen molar-refractivity contribution in [2.24, 2.45) is 35.3 Å². The number of primary amides is 1. The van der Waals surface area contributed by atoms with Crippen molar-refractivity contribution in [3.05, 3.63) is 58.1 Å². The van der Waals surface area contributed by atoms with Crippen LogP contribution in [0, 0.1) is 29.6 Å². The molecule has 2 aromatic rings. The Hall–Kier alpha value is -3.89. The highest BCUT2D eigenvalue weighted by atomic mass is 16.4. The molecule has 0 saturated heterocycles. The van der Waals surface area contributed by atoms with Crippen LogP contribution in [-0.4, -0.2) is 68.5 Å². The van der Waals surface area contributed by atoms with E-state index in [1.165, 1.54) is 11.0 Å². The molecule has 3 aliphatic carbocycles. The third-order valence-corrected chi connectivity index (χ3v) is 10.3. The zero-order valence-electron chi connectivity index (χ0n) is 26.8. The maximum Gasteiger partial charge on any atom is 0.255 e. The van der Waals surface area contributed by atoms with Crippen molar-refractivity contribution in [1.29, 1.82) is 0 Å². The van der Waals surface area contributed by atoms with E-state index in [1.807, 2.05) is 12.1 Å². The lowest BCUT2D eigenvalue weighted by Crippen LogP contribution is -2.65. The molecular formula is C35H44N2O8. The normalized spacial score (nSPS) is 26.2. The van der Waals surface area contributed by atoms with Gasteiger partial charge in [-0.15, -0.1) is 0 Å². The van der Waals surface area contributed by atoms with Crippen molar-refractivity contribution in [1.82, 2.24) is 4.90 Å². The Morgan fingerprint density at radius 3 is 2.38 bits per heavy atom. The van der Waals surface area contributed by atoms with Crippen LogP contribution in [0.1, 0.15) is 63.8 Å². The summed E-state index contributed by atoms with van der Waals surface area (Å²) in [6.07, 6.45) is 3.20. The number of carbonyl (C=O) groups is 3. The number of carbonyl (C=O) groups excluding carboxylic acids is 3. The molecule has 1 aromatic heterocycles. The minimum Gasteiger partial charge on any atom is -0.508 e. The summed E-state index contributed by atoms with van der Waals surface area (Å²) in [5, 5.41) is 45.2. The van der Waals surface area contributed by atoms with E-state index in [0.29, 0.717) is 34.6 Å². The largest absolute Gasteiger partial charge is 0.508 e. The lowest BCUT2D eigenvalue weighted by atomic mass is 9.57. The standard InChI is InChI=1S/C35H44N2O8/c1-16(2)18(4)8-7-17(3)13-20-9-12-25(45-20)21-10-11-24(38)27-22(21)14-19-15-23-29(37(5)6)31(40)28(34(36)43)33(42)35(23,44)32(41)26(19)30(27)39/h9-12,16-19,23,29,38-39,42,44H,7-8,13-15H2,1-6H3,(H2,36,43)/t17?,18?,19-,23-,29-,35-/m0/s1. The molecule has 45 heavy (non-hydrogen) atoms. The van der Waals surface area contributed by atoms with Crippen molar-refractivity contribution in [3.8, 4) is 17.1 Å². The number of rotatable bonds is 9. The van der Waals surface area contributed by atoms with E-state index in [4.69, 9.17) is 10.2 Å². The SMILES string of the molecule is CC(CCC(C)C(C)C)Cc1ccc(-c2ccc(O)c3c2C[C@H]2C[C@H]4[C@H](N(C)C)C(=O)C(C(N)=O)=C(O)[C@@]4(O)C(=O)C2=C3O)o1. The summed E-state index contributed by atoms with van der Waals surface area (Å²) < 4.78 is 6.29. The van der Waals surface area contributed by atoms with Crippen LogP contribution in [0.4, 0.5) is 0 Å². The number of nitrogens with two attached hydrogens (primary N) is 1. The van der Waals surface area contributed by atoms with Gasteiger partial charge in [0.15, 0.2) is 11.4 Å². The number of aliphatic hydroxyl groups excluding tert-OH is 2. The zero-order chi connectivity index (χ0) is 33.1. The number of benzene rings is 1. The number of hydrogen-bond donors (Lipinski definition) is 5. The highest BCUT2D eigenvalue weighted by molar-refractivity contribution is 6.24. The molecule has 0 radical (unpaired) electrons. The van der Waals surface area contributed by atoms with Crippen LogP contribution in [0.2, 0.25) is 0 Å². The molecule has 1 amide bonds. The van der Waals surface area contributed by atoms with E-state index in [1.54, 1.807) is 20.2 Å². The fourth-order valence-electron chi connectivity index (χ4n) is 7.43. The van der Waals surface area contributed by atoms with E-state index in [9.17, 15) is 34.8 Å². The van der Waals surface area contributed by atoms with E-state index in [-0.39, 0.29) is 29.7 Å². The number of nitrogens with zero attached hydrogens (tertiary/aromatic N) is 1. The second-order valence-corrected chi connectivity index (χ2v) is 13.8. The lowest BCUT2D eigenvalue weighted by molar-refractivity contribution is -0.153. The molecule has 1 heterocycles. The van der Waals surface area contributed by atoms with Gasteiger partial charge in [0.25, 0.3) is 5.91 Å². The highest BCUT2D eigenvalue weighted by Crippen LogP contribution is 2.53. The van der Waals surface area contributed by atoms with Crippen molar-refractivity contribution in [2.45, 2.75) is 71.4 Å². The van der Waals surface area contributed by atoms with Crippen molar-refractivity contribution >= 4 is 23.2 Å². The second kappa shape index (κ2) is 11.8. The third kappa shape index (κ3) is 5.27. The molecule has 0 bridgehead atoms. The number of phenols is 1. The van der Waals surface area contributed by atoms with Crippen LogP contribution in [-0.2, 0) is 27.2 Å². The Labute approximate surface area is 263 Å². The Bertz CT molecular complexity index is 1610. The number of likely N-dealkylation sites (N-methyl/N-ethyl adjacent to an activating group) is 1. The Balaban J connectivity index is 1.53. The lowest BCUT2D eigenvalue weighted by Gasteiger charge is -2.50. The fraction of sp³-hybridized carbons (Fsp3) is 0.514. The van der Waals surface area contributed by atoms with Gasteiger partial charge in [0.1, 0.15) is 34.4 Å². The fourth-order valence-corrected chi connectivity index (χ4v) is 7.43. The first-order valence-electron chi connectivity index (χ1n) is 15.7. The number of furan rings is 1. The molecule has 10 nitrogen and oxygen atoms in total. The number of aliphatic hydroxyl groups is 3. The predicted octanol–water partition coefficient (Wildman–Crippen LogP) is 4.47. The molecule has 2 unspecified atom stereocenters. The highest BCUT2D eigenvalue weighted by Gasteiger charge is 2.64. The van der Waals surface area contributed by atoms with E-state index < -0.39 is 58.0 Å². The maximum atomic E-state index is 14.0. The first kappa shape index (κ1) is 32.5. The Kier molecular flexibility index (Phi) is 8.52. The average molecular weight is 621 g/mol. The first-order chi connectivity index (χ1) is 21.1. The van der Waals surface area contributed by atoms with E-state index >= 15 is 0 Å². The maximum absolute atomic E-state index is 14.0. The topological polar surface area (TPSA) is 175 Å². The summed E-state index contributed by atoms with van der Waals surface area (Å²) in [7, 11) is 3.15. The number of Topliss-reactive ketones (excluding diaryl/α,β-unsaturated/α-hetero) is 2. The van der Waals surface area contributed by atoms with Gasteiger partial charge in [0.05, 0.1) is 11.6 Å². The smallest absolute Gasteiger partial charge is 0.255 e. The summed E-state index contributed by atoms with van der Waals surface area (Å²) >= 11 is 0. The summed E-state index contributed by atoms with van der Waals surface area (Å²) in [6.45, 7) is 8.96. The predicted molar refractivity (Wildman–Crippen MR) is 168 cm³/mol. The second-order valence-electron chi connectivity index (χ2n) is 13.8.